The van der Waals surface area contributed by atoms with Gasteiger partial charge in [-0.1, -0.05) is 18.2 Å². The third kappa shape index (κ3) is 2.84. The van der Waals surface area contributed by atoms with E-state index in [1.807, 2.05) is 12.4 Å². The van der Waals surface area contributed by atoms with E-state index in [2.05, 4.69) is 39.6 Å². The Bertz CT molecular complexity index is 567. The van der Waals surface area contributed by atoms with Crippen LogP contribution in [0, 0.1) is 0 Å². The fraction of sp³-hybridized carbons (Fsp3) is 0.400. The van der Waals surface area contributed by atoms with Crippen LogP contribution in [0.25, 0.3) is 0 Å². The third-order valence-corrected chi connectivity index (χ3v) is 3.60. The van der Waals surface area contributed by atoms with Crippen LogP contribution in [0.2, 0.25) is 0 Å². The molecule has 0 bridgehead atoms. The molecular weight excluding hydrogens is 252 g/mol. The average molecular weight is 272 g/mol. The number of fused-ring (bicyclic) bond motifs is 1. The second-order valence-corrected chi connectivity index (χ2v) is 5.06. The Balaban J connectivity index is 1.79. The molecule has 20 heavy (non-hydrogen) atoms. The fourth-order valence-electron chi connectivity index (χ4n) is 2.62. The first-order chi connectivity index (χ1) is 9.86. The number of nitrogens with one attached hydrogen (secondary N) is 1. The van der Waals surface area contributed by atoms with Gasteiger partial charge in [-0.2, -0.15) is 5.10 Å². The molecule has 0 amide bonds. The minimum absolute atomic E-state index is 0.123. The van der Waals surface area contributed by atoms with E-state index in [0.717, 1.165) is 26.2 Å². The Morgan fingerprint density at radius 1 is 1.30 bits per heavy atom. The van der Waals surface area contributed by atoms with E-state index in [9.17, 15) is 0 Å². The number of hydrogen-bond acceptors (Lipinski definition) is 4. The van der Waals surface area contributed by atoms with Crippen molar-refractivity contribution in [2.24, 2.45) is 0 Å². The van der Waals surface area contributed by atoms with Crippen molar-refractivity contribution in [2.45, 2.75) is 19.6 Å². The molecule has 2 aromatic rings. The molecule has 5 heteroatoms. The van der Waals surface area contributed by atoms with E-state index in [1.165, 1.54) is 16.8 Å². The second kappa shape index (κ2) is 6.07. The number of nitrogens with zero attached hydrogens (tertiary/aromatic N) is 3. The maximum atomic E-state index is 8.94. The molecule has 3 rings (SSSR count). The Labute approximate surface area is 118 Å². The molecule has 2 N–H and O–H groups in total. The van der Waals surface area contributed by atoms with Crippen LogP contribution in [-0.4, -0.2) is 34.6 Å². The van der Waals surface area contributed by atoms with Gasteiger partial charge >= 0.3 is 0 Å². The van der Waals surface area contributed by atoms with E-state index in [1.54, 1.807) is 4.68 Å². The summed E-state index contributed by atoms with van der Waals surface area (Å²) in [6.07, 6.45) is 3.90. The number of aromatic nitrogens is 2. The molecule has 0 unspecified atom stereocenters. The number of aliphatic hydroxyl groups excluding tert-OH is 1. The van der Waals surface area contributed by atoms with Crippen LogP contribution in [0.15, 0.2) is 36.7 Å². The van der Waals surface area contributed by atoms with Crippen LogP contribution >= 0.6 is 0 Å². The fourth-order valence-corrected chi connectivity index (χ4v) is 2.62. The zero-order valence-electron chi connectivity index (χ0n) is 11.5. The summed E-state index contributed by atoms with van der Waals surface area (Å²) in [5.41, 5.74) is 3.82. The van der Waals surface area contributed by atoms with E-state index in [4.69, 9.17) is 5.11 Å². The topological polar surface area (TPSA) is 53.3 Å². The minimum Gasteiger partial charge on any atom is -0.394 e. The summed E-state index contributed by atoms with van der Waals surface area (Å²) in [4.78, 5) is 2.38. The van der Waals surface area contributed by atoms with Crippen molar-refractivity contribution in [3.63, 3.8) is 0 Å². The SMILES string of the molecule is OCCn1cc(CN2CCNCc3ccccc32)cn1. The molecule has 1 aliphatic heterocycles. The lowest BCUT2D eigenvalue weighted by atomic mass is 10.1. The van der Waals surface area contributed by atoms with Crippen LogP contribution in [0.1, 0.15) is 11.1 Å². The highest BCUT2D eigenvalue weighted by Crippen LogP contribution is 2.23. The number of para-hydroxylation sites is 1. The molecule has 106 valence electrons. The van der Waals surface area contributed by atoms with Crippen LogP contribution in [0.5, 0.6) is 0 Å². The molecule has 0 fully saturated rings. The van der Waals surface area contributed by atoms with Crippen LogP contribution in [0.3, 0.4) is 0 Å². The monoisotopic (exact) mass is 272 g/mol. The zero-order valence-corrected chi connectivity index (χ0v) is 11.5. The second-order valence-electron chi connectivity index (χ2n) is 5.06. The summed E-state index contributed by atoms with van der Waals surface area (Å²) in [5.74, 6) is 0. The Kier molecular flexibility index (Phi) is 3.99. The van der Waals surface area contributed by atoms with E-state index in [-0.39, 0.29) is 6.61 Å². The summed E-state index contributed by atoms with van der Waals surface area (Å²) in [6.45, 7) is 4.43. The van der Waals surface area contributed by atoms with Gasteiger partial charge in [0, 0.05) is 43.6 Å². The Hall–Kier alpha value is -1.85. The lowest BCUT2D eigenvalue weighted by Crippen LogP contribution is -2.28. The highest BCUT2D eigenvalue weighted by atomic mass is 16.3. The number of benzene rings is 1. The normalized spacial score (nSPS) is 14.9. The predicted molar refractivity (Wildman–Crippen MR) is 78.5 cm³/mol. The molecule has 2 heterocycles. The van der Waals surface area contributed by atoms with Gasteiger partial charge in [-0.05, 0) is 11.6 Å². The van der Waals surface area contributed by atoms with Crippen LogP contribution in [0.4, 0.5) is 5.69 Å². The van der Waals surface area contributed by atoms with Gasteiger partial charge in [0.15, 0.2) is 0 Å². The summed E-state index contributed by atoms with van der Waals surface area (Å²) < 4.78 is 1.79. The summed E-state index contributed by atoms with van der Waals surface area (Å²) in [6, 6.07) is 8.53. The quantitative estimate of drug-likeness (QED) is 0.871. The van der Waals surface area contributed by atoms with Gasteiger partial charge in [0.05, 0.1) is 19.3 Å². The van der Waals surface area contributed by atoms with Crippen molar-refractivity contribution in [1.82, 2.24) is 15.1 Å². The van der Waals surface area contributed by atoms with Gasteiger partial charge in [-0.3, -0.25) is 4.68 Å². The van der Waals surface area contributed by atoms with E-state index >= 15 is 0 Å². The Morgan fingerprint density at radius 3 is 3.10 bits per heavy atom. The summed E-state index contributed by atoms with van der Waals surface area (Å²) in [5, 5.41) is 16.7. The van der Waals surface area contributed by atoms with Gasteiger partial charge in [0.25, 0.3) is 0 Å². The molecule has 1 aliphatic rings. The highest BCUT2D eigenvalue weighted by molar-refractivity contribution is 5.54. The first-order valence-electron chi connectivity index (χ1n) is 7.02. The van der Waals surface area contributed by atoms with Crippen molar-refractivity contribution < 1.29 is 5.11 Å². The Morgan fingerprint density at radius 2 is 2.20 bits per heavy atom. The van der Waals surface area contributed by atoms with Crippen molar-refractivity contribution in [3.05, 3.63) is 47.8 Å². The molecule has 0 aliphatic carbocycles. The van der Waals surface area contributed by atoms with Crippen molar-refractivity contribution in [3.8, 4) is 0 Å². The van der Waals surface area contributed by atoms with E-state index < -0.39 is 0 Å². The van der Waals surface area contributed by atoms with Crippen molar-refractivity contribution in [1.29, 1.82) is 0 Å². The minimum atomic E-state index is 0.123. The van der Waals surface area contributed by atoms with Gasteiger partial charge in [0.2, 0.25) is 0 Å². The molecule has 1 aromatic heterocycles. The average Bonchev–Trinajstić information content (AvgIpc) is 2.80. The first-order valence-corrected chi connectivity index (χ1v) is 7.02. The number of aliphatic hydroxyl groups is 1. The number of hydrogen-bond donors (Lipinski definition) is 2. The smallest absolute Gasteiger partial charge is 0.0640 e. The molecule has 1 aromatic carbocycles. The standard InChI is InChI=1S/C15H20N4O/c20-8-7-19-12-13(9-17-19)11-18-6-5-16-10-14-3-1-2-4-15(14)18/h1-4,9,12,16,20H,5-8,10-11H2. The molecule has 0 spiro atoms. The van der Waals surface area contributed by atoms with Gasteiger partial charge in [-0.15, -0.1) is 0 Å². The molecule has 0 saturated heterocycles. The lowest BCUT2D eigenvalue weighted by Gasteiger charge is -2.23. The molecule has 5 nitrogen and oxygen atoms in total. The van der Waals surface area contributed by atoms with Crippen molar-refractivity contribution >= 4 is 5.69 Å². The first kappa shape index (κ1) is 13.1. The number of rotatable bonds is 4. The third-order valence-electron chi connectivity index (χ3n) is 3.60. The zero-order chi connectivity index (χ0) is 13.8. The van der Waals surface area contributed by atoms with Gasteiger partial charge < -0.3 is 15.3 Å². The maximum Gasteiger partial charge on any atom is 0.0640 e. The number of anilines is 1. The van der Waals surface area contributed by atoms with Crippen molar-refractivity contribution in [2.75, 3.05) is 24.6 Å². The summed E-state index contributed by atoms with van der Waals surface area (Å²) >= 11 is 0. The summed E-state index contributed by atoms with van der Waals surface area (Å²) in [7, 11) is 0. The molecule has 0 saturated carbocycles. The van der Waals surface area contributed by atoms with Crippen LogP contribution in [-0.2, 0) is 19.6 Å². The highest BCUT2D eigenvalue weighted by Gasteiger charge is 2.15. The largest absolute Gasteiger partial charge is 0.394 e. The van der Waals surface area contributed by atoms with Gasteiger partial charge in [-0.25, -0.2) is 0 Å². The molecular formula is C15H20N4O. The van der Waals surface area contributed by atoms with Gasteiger partial charge in [0.1, 0.15) is 0 Å². The predicted octanol–water partition coefficient (Wildman–Crippen LogP) is 0.985. The lowest BCUT2D eigenvalue weighted by molar-refractivity contribution is 0.269. The van der Waals surface area contributed by atoms with E-state index in [0.29, 0.717) is 6.54 Å². The van der Waals surface area contributed by atoms with Crippen LogP contribution < -0.4 is 10.2 Å². The molecule has 0 atom stereocenters. The molecule has 0 radical (unpaired) electrons. The maximum absolute atomic E-state index is 8.94.